The second-order valence-electron chi connectivity index (χ2n) is 3.82. The maximum atomic E-state index is 5.92. The van der Waals surface area contributed by atoms with Crippen LogP contribution in [-0.2, 0) is 0 Å². The first-order chi connectivity index (χ1) is 9.28. The minimum absolute atomic E-state index is 0.502. The summed E-state index contributed by atoms with van der Waals surface area (Å²) in [6.07, 6.45) is 1.48. The molecule has 0 aliphatic carbocycles. The normalized spacial score (nSPS) is 10.6. The second-order valence-corrected chi connectivity index (χ2v) is 4.74. The van der Waals surface area contributed by atoms with Gasteiger partial charge in [0.05, 0.1) is 18.3 Å². The monoisotopic (exact) mass is 273 g/mol. The number of nitrogens with zero attached hydrogens (tertiary/aromatic N) is 2. The number of benzene rings is 1. The van der Waals surface area contributed by atoms with Crippen molar-refractivity contribution in [3.05, 3.63) is 36.0 Å². The molecule has 0 unspecified atom stereocenters. The Kier molecular flexibility index (Phi) is 2.92. The van der Waals surface area contributed by atoms with Crippen molar-refractivity contribution in [2.45, 2.75) is 0 Å². The van der Waals surface area contributed by atoms with Gasteiger partial charge in [0.25, 0.3) is 0 Å². The molecule has 0 radical (unpaired) electrons. The third kappa shape index (κ3) is 2.17. The van der Waals surface area contributed by atoms with Crippen molar-refractivity contribution in [2.75, 3.05) is 12.8 Å². The first-order valence-electron chi connectivity index (χ1n) is 5.57. The Morgan fingerprint density at radius 1 is 1.21 bits per heavy atom. The van der Waals surface area contributed by atoms with Crippen LogP contribution in [-0.4, -0.2) is 17.1 Å². The number of fused-ring (bicyclic) bond motifs is 1. The van der Waals surface area contributed by atoms with Crippen molar-refractivity contribution in [3.8, 4) is 17.4 Å². The minimum atomic E-state index is 0.502. The molecule has 0 saturated heterocycles. The highest BCUT2D eigenvalue weighted by molar-refractivity contribution is 7.17. The molecule has 0 bridgehead atoms. The molecule has 3 aromatic rings. The van der Waals surface area contributed by atoms with Crippen LogP contribution >= 0.6 is 11.3 Å². The first-order valence-corrected chi connectivity index (χ1v) is 6.45. The van der Waals surface area contributed by atoms with Gasteiger partial charge in [0.1, 0.15) is 16.8 Å². The van der Waals surface area contributed by atoms with Crippen LogP contribution in [0.15, 0.2) is 36.0 Å². The molecule has 2 heterocycles. The van der Waals surface area contributed by atoms with Crippen LogP contribution in [0, 0.1) is 0 Å². The van der Waals surface area contributed by atoms with E-state index in [1.165, 1.54) is 17.7 Å². The van der Waals surface area contributed by atoms with Gasteiger partial charge in [0.15, 0.2) is 5.75 Å². The molecule has 0 saturated carbocycles. The molecule has 3 rings (SSSR count). The molecule has 5 nitrogen and oxygen atoms in total. The van der Waals surface area contributed by atoms with Crippen LogP contribution in [0.4, 0.5) is 5.69 Å². The number of aromatic nitrogens is 2. The highest BCUT2D eigenvalue weighted by Crippen LogP contribution is 2.34. The zero-order valence-electron chi connectivity index (χ0n) is 10.2. The predicted octanol–water partition coefficient (Wildman–Crippen LogP) is 3.07. The van der Waals surface area contributed by atoms with Crippen LogP contribution in [0.3, 0.4) is 0 Å². The molecule has 0 aliphatic rings. The Morgan fingerprint density at radius 3 is 2.89 bits per heavy atom. The topological polar surface area (TPSA) is 70.3 Å². The summed E-state index contributed by atoms with van der Waals surface area (Å²) in [5, 5.41) is 1.95. The van der Waals surface area contributed by atoms with Gasteiger partial charge >= 0.3 is 0 Å². The lowest BCUT2D eigenvalue weighted by Crippen LogP contribution is -1.95. The summed E-state index contributed by atoms with van der Waals surface area (Å²) in [4.78, 5) is 8.31. The zero-order chi connectivity index (χ0) is 13.2. The fourth-order valence-corrected chi connectivity index (χ4v) is 2.46. The maximum Gasteiger partial charge on any atom is 0.240 e. The largest absolute Gasteiger partial charge is 0.497 e. The molecule has 1 aromatic carbocycles. The Morgan fingerprint density at radius 2 is 2.11 bits per heavy atom. The zero-order valence-corrected chi connectivity index (χ0v) is 11.0. The molecule has 0 spiro atoms. The van der Waals surface area contributed by atoms with Crippen LogP contribution in [0.25, 0.3) is 10.2 Å². The van der Waals surface area contributed by atoms with Gasteiger partial charge in [0, 0.05) is 6.07 Å². The quantitative estimate of drug-likeness (QED) is 0.742. The van der Waals surface area contributed by atoms with E-state index in [4.69, 9.17) is 15.2 Å². The van der Waals surface area contributed by atoms with Gasteiger partial charge in [-0.15, -0.1) is 11.3 Å². The Bertz CT molecular complexity index is 727. The third-order valence-electron chi connectivity index (χ3n) is 2.63. The predicted molar refractivity (Wildman–Crippen MR) is 74.9 cm³/mol. The number of rotatable bonds is 3. The average Bonchev–Trinajstić information content (AvgIpc) is 2.90. The number of thiophene rings is 1. The summed E-state index contributed by atoms with van der Waals surface area (Å²) in [7, 11) is 1.59. The van der Waals surface area contributed by atoms with E-state index in [1.807, 2.05) is 11.4 Å². The molecule has 6 heteroatoms. The van der Waals surface area contributed by atoms with Crippen molar-refractivity contribution in [1.82, 2.24) is 9.97 Å². The summed E-state index contributed by atoms with van der Waals surface area (Å²) in [5.74, 6) is 1.75. The average molecular weight is 273 g/mol. The number of methoxy groups -OCH3 is 1. The molecule has 96 valence electrons. The second kappa shape index (κ2) is 4.74. The summed E-state index contributed by atoms with van der Waals surface area (Å²) < 4.78 is 11.8. The Labute approximate surface area is 113 Å². The fourth-order valence-electron chi connectivity index (χ4n) is 1.69. The summed E-state index contributed by atoms with van der Waals surface area (Å²) in [6, 6.07) is 7.18. The van der Waals surface area contributed by atoms with Gasteiger partial charge < -0.3 is 15.2 Å². The van der Waals surface area contributed by atoms with E-state index in [-0.39, 0.29) is 0 Å². The van der Waals surface area contributed by atoms with E-state index in [9.17, 15) is 0 Å². The van der Waals surface area contributed by atoms with Crippen molar-refractivity contribution in [3.63, 3.8) is 0 Å². The molecule has 2 N–H and O–H groups in total. The van der Waals surface area contributed by atoms with E-state index in [2.05, 4.69) is 9.97 Å². The van der Waals surface area contributed by atoms with E-state index in [0.717, 1.165) is 10.2 Å². The SMILES string of the molecule is COc1ccc(Oc2ncnc3ccsc23)c(N)c1. The first kappa shape index (κ1) is 11.7. The van der Waals surface area contributed by atoms with Crippen LogP contribution < -0.4 is 15.2 Å². The number of anilines is 1. The summed E-state index contributed by atoms with van der Waals surface area (Å²) in [6.45, 7) is 0. The van der Waals surface area contributed by atoms with E-state index < -0.39 is 0 Å². The van der Waals surface area contributed by atoms with Gasteiger partial charge in [-0.25, -0.2) is 9.97 Å². The van der Waals surface area contributed by atoms with Crippen LogP contribution in [0.2, 0.25) is 0 Å². The Balaban J connectivity index is 1.99. The highest BCUT2D eigenvalue weighted by atomic mass is 32.1. The summed E-state index contributed by atoms with van der Waals surface area (Å²) in [5.41, 5.74) is 7.28. The van der Waals surface area contributed by atoms with Gasteiger partial charge in [-0.3, -0.25) is 0 Å². The van der Waals surface area contributed by atoms with Gasteiger partial charge in [0.2, 0.25) is 5.88 Å². The standard InChI is InChI=1S/C13H11N3O2S/c1-17-8-2-3-11(9(14)6-8)18-13-12-10(4-5-19-12)15-7-16-13/h2-7H,14H2,1H3. The lowest BCUT2D eigenvalue weighted by molar-refractivity contribution is 0.413. The van der Waals surface area contributed by atoms with Crippen molar-refractivity contribution < 1.29 is 9.47 Å². The van der Waals surface area contributed by atoms with E-state index in [0.29, 0.717) is 23.1 Å². The number of ether oxygens (including phenoxy) is 2. The van der Waals surface area contributed by atoms with Crippen molar-refractivity contribution >= 4 is 27.2 Å². The number of nitrogen functional groups attached to an aromatic ring is 1. The van der Waals surface area contributed by atoms with E-state index >= 15 is 0 Å². The molecule has 0 amide bonds. The third-order valence-corrected chi connectivity index (χ3v) is 3.53. The molecule has 19 heavy (non-hydrogen) atoms. The maximum absolute atomic E-state index is 5.92. The number of hydrogen-bond acceptors (Lipinski definition) is 6. The molecule has 2 aromatic heterocycles. The fraction of sp³-hybridized carbons (Fsp3) is 0.0769. The number of nitrogens with two attached hydrogens (primary N) is 1. The molecular weight excluding hydrogens is 262 g/mol. The lowest BCUT2D eigenvalue weighted by Gasteiger charge is -2.09. The van der Waals surface area contributed by atoms with E-state index in [1.54, 1.807) is 25.3 Å². The summed E-state index contributed by atoms with van der Waals surface area (Å²) >= 11 is 1.53. The number of hydrogen-bond donors (Lipinski definition) is 1. The highest BCUT2D eigenvalue weighted by Gasteiger charge is 2.09. The molecule has 0 atom stereocenters. The molecule has 0 aliphatic heterocycles. The molecule has 0 fully saturated rings. The molecular formula is C13H11N3O2S. The minimum Gasteiger partial charge on any atom is -0.497 e. The van der Waals surface area contributed by atoms with Crippen molar-refractivity contribution in [2.24, 2.45) is 0 Å². The van der Waals surface area contributed by atoms with Gasteiger partial charge in [-0.2, -0.15) is 0 Å². The van der Waals surface area contributed by atoms with Crippen LogP contribution in [0.1, 0.15) is 0 Å². The van der Waals surface area contributed by atoms with Crippen molar-refractivity contribution in [1.29, 1.82) is 0 Å². The Hall–Kier alpha value is -2.34. The lowest BCUT2D eigenvalue weighted by atomic mass is 10.3. The smallest absolute Gasteiger partial charge is 0.240 e. The van der Waals surface area contributed by atoms with Gasteiger partial charge in [-0.05, 0) is 23.6 Å². The van der Waals surface area contributed by atoms with Gasteiger partial charge in [-0.1, -0.05) is 0 Å². The van der Waals surface area contributed by atoms with Crippen LogP contribution in [0.5, 0.6) is 17.4 Å².